The fourth-order valence-electron chi connectivity index (χ4n) is 3.71. The van der Waals surface area contributed by atoms with Crippen molar-refractivity contribution in [3.05, 3.63) is 41.5 Å². The van der Waals surface area contributed by atoms with Crippen LogP contribution in [0.5, 0.6) is 28.7 Å². The van der Waals surface area contributed by atoms with Crippen LogP contribution in [-0.4, -0.2) is 78.3 Å². The van der Waals surface area contributed by atoms with E-state index in [1.54, 1.807) is 0 Å². The molecule has 0 spiro atoms. The molecular formula is C21H22O11. The Morgan fingerprint density at radius 1 is 0.906 bits per heavy atom. The second-order valence-corrected chi connectivity index (χ2v) is 7.71. The number of fused-ring (bicyclic) bond motifs is 1. The first kappa shape index (κ1) is 22.1. The summed E-state index contributed by atoms with van der Waals surface area (Å²) in [4.78, 5) is 12.5. The third-order valence-electron chi connectivity index (χ3n) is 5.48. The van der Waals surface area contributed by atoms with Crippen LogP contribution < -0.4 is 9.47 Å². The summed E-state index contributed by atoms with van der Waals surface area (Å²) in [5.74, 6) is -2.43. The molecule has 4 rings (SSSR count). The Hall–Kier alpha value is -3.09. The van der Waals surface area contributed by atoms with Crippen LogP contribution in [0.15, 0.2) is 30.3 Å². The van der Waals surface area contributed by atoms with Crippen molar-refractivity contribution in [2.45, 2.75) is 49.8 Å². The number of carbonyl (C=O) groups is 1. The highest BCUT2D eigenvalue weighted by atomic mass is 16.7. The average Bonchev–Trinajstić information content (AvgIpc) is 2.73. The third kappa shape index (κ3) is 3.70. The van der Waals surface area contributed by atoms with Crippen LogP contribution in [0.2, 0.25) is 0 Å². The summed E-state index contributed by atoms with van der Waals surface area (Å²) in [6.07, 6.45) is -9.60. The van der Waals surface area contributed by atoms with Gasteiger partial charge in [-0.3, -0.25) is 4.79 Å². The maximum Gasteiger partial charge on any atom is 0.229 e. The first-order valence-electron chi connectivity index (χ1n) is 9.72. The first-order chi connectivity index (χ1) is 15.1. The van der Waals surface area contributed by atoms with Gasteiger partial charge in [0.2, 0.25) is 12.1 Å². The number of ether oxygens (including phenoxy) is 3. The SMILES string of the molecule is C[C@H]1O[C@@H](Oc2ccc([C@H]3Oc4cc(O)cc(O)c4C(=O)[C@@H]3O)cc2O)[C@H](O)[C@H](O)[C@H]1O. The number of ketones is 1. The van der Waals surface area contributed by atoms with Crippen LogP contribution in [0.4, 0.5) is 0 Å². The molecule has 2 aromatic carbocycles. The number of benzene rings is 2. The molecule has 7 atom stereocenters. The molecular weight excluding hydrogens is 428 g/mol. The van der Waals surface area contributed by atoms with Crippen molar-refractivity contribution < 1.29 is 54.8 Å². The number of carbonyl (C=O) groups excluding carboxylic acids is 1. The molecule has 7 N–H and O–H groups in total. The van der Waals surface area contributed by atoms with E-state index in [4.69, 9.17) is 14.2 Å². The topological polar surface area (TPSA) is 186 Å². The predicted molar refractivity (Wildman–Crippen MR) is 105 cm³/mol. The van der Waals surface area contributed by atoms with Crippen molar-refractivity contribution in [3.8, 4) is 28.7 Å². The van der Waals surface area contributed by atoms with E-state index in [0.717, 1.165) is 18.2 Å². The summed E-state index contributed by atoms with van der Waals surface area (Å²) in [6, 6.07) is 5.89. The van der Waals surface area contributed by atoms with Gasteiger partial charge in [-0.25, -0.2) is 0 Å². The molecule has 11 nitrogen and oxygen atoms in total. The Morgan fingerprint density at radius 3 is 2.31 bits per heavy atom. The van der Waals surface area contributed by atoms with E-state index in [2.05, 4.69) is 0 Å². The van der Waals surface area contributed by atoms with Gasteiger partial charge in [0.15, 0.2) is 23.7 Å². The Labute approximate surface area is 181 Å². The van der Waals surface area contributed by atoms with Crippen molar-refractivity contribution in [1.82, 2.24) is 0 Å². The zero-order chi connectivity index (χ0) is 23.3. The molecule has 0 aliphatic carbocycles. The molecule has 0 bridgehead atoms. The Balaban J connectivity index is 1.58. The van der Waals surface area contributed by atoms with Crippen molar-refractivity contribution >= 4 is 5.78 Å². The Bertz CT molecular complexity index is 1040. The largest absolute Gasteiger partial charge is 0.508 e. The Morgan fingerprint density at radius 2 is 1.62 bits per heavy atom. The van der Waals surface area contributed by atoms with Gasteiger partial charge in [0.05, 0.1) is 6.10 Å². The van der Waals surface area contributed by atoms with E-state index in [1.807, 2.05) is 0 Å². The highest BCUT2D eigenvalue weighted by Gasteiger charge is 2.44. The molecule has 1 saturated heterocycles. The van der Waals surface area contributed by atoms with Gasteiger partial charge in [0, 0.05) is 12.1 Å². The monoisotopic (exact) mass is 450 g/mol. The number of phenolic OH excluding ortho intramolecular Hbond substituents is 3. The number of Topliss-reactive ketones (excluding diaryl/α,β-unsaturated/α-hetero) is 1. The van der Waals surface area contributed by atoms with Crippen LogP contribution in [-0.2, 0) is 4.74 Å². The number of hydrogen-bond donors (Lipinski definition) is 7. The van der Waals surface area contributed by atoms with Gasteiger partial charge in [0.1, 0.15) is 41.1 Å². The molecule has 2 aliphatic rings. The fourth-order valence-corrected chi connectivity index (χ4v) is 3.71. The minimum atomic E-state index is -1.70. The summed E-state index contributed by atoms with van der Waals surface area (Å²) in [5, 5.41) is 70.0. The average molecular weight is 450 g/mol. The lowest BCUT2D eigenvalue weighted by molar-refractivity contribution is -0.268. The van der Waals surface area contributed by atoms with Crippen molar-refractivity contribution in [2.24, 2.45) is 0 Å². The molecule has 0 unspecified atom stereocenters. The lowest BCUT2D eigenvalue weighted by atomic mass is 9.92. The highest BCUT2D eigenvalue weighted by Crippen LogP contribution is 2.43. The number of aromatic hydroxyl groups is 3. The summed E-state index contributed by atoms with van der Waals surface area (Å²) in [7, 11) is 0. The maximum absolute atomic E-state index is 12.5. The maximum atomic E-state index is 12.5. The Kier molecular flexibility index (Phi) is 5.61. The molecule has 0 aromatic heterocycles. The van der Waals surface area contributed by atoms with Gasteiger partial charge in [-0.15, -0.1) is 0 Å². The van der Waals surface area contributed by atoms with Crippen LogP contribution in [0.25, 0.3) is 0 Å². The van der Waals surface area contributed by atoms with Gasteiger partial charge < -0.3 is 50.0 Å². The molecule has 0 radical (unpaired) electrons. The van der Waals surface area contributed by atoms with Crippen molar-refractivity contribution in [1.29, 1.82) is 0 Å². The molecule has 11 heteroatoms. The van der Waals surface area contributed by atoms with E-state index in [9.17, 15) is 40.5 Å². The standard InChI is InChI=1S/C21H22O11/c1-7-15(25)17(27)19(29)21(30-7)32-12-3-2-8(4-10(12)23)20-18(28)16(26)14-11(24)5-9(22)6-13(14)31-20/h2-7,15,17-25,27-29H,1H3/t7-,15+,17-,18+,19-,20-,21+/m1/s1. The number of phenols is 3. The van der Waals surface area contributed by atoms with Gasteiger partial charge in [-0.05, 0) is 24.6 Å². The molecule has 1 fully saturated rings. The second-order valence-electron chi connectivity index (χ2n) is 7.71. The van der Waals surface area contributed by atoms with Crippen LogP contribution in [0, 0.1) is 0 Å². The first-order valence-corrected chi connectivity index (χ1v) is 9.72. The molecule has 2 heterocycles. The molecule has 32 heavy (non-hydrogen) atoms. The highest BCUT2D eigenvalue weighted by molar-refractivity contribution is 6.05. The lowest BCUT2D eigenvalue weighted by Gasteiger charge is -2.39. The van der Waals surface area contributed by atoms with E-state index in [1.165, 1.54) is 19.1 Å². The van der Waals surface area contributed by atoms with E-state index in [-0.39, 0.29) is 28.4 Å². The molecule has 2 aliphatic heterocycles. The van der Waals surface area contributed by atoms with E-state index in [0.29, 0.717) is 0 Å². The number of aliphatic hydroxyl groups is 4. The summed E-state index contributed by atoms with van der Waals surface area (Å²) < 4.78 is 16.4. The lowest BCUT2D eigenvalue weighted by Crippen LogP contribution is -2.58. The molecule has 0 saturated carbocycles. The van der Waals surface area contributed by atoms with Crippen molar-refractivity contribution in [3.63, 3.8) is 0 Å². The zero-order valence-electron chi connectivity index (χ0n) is 16.7. The van der Waals surface area contributed by atoms with Gasteiger partial charge >= 0.3 is 0 Å². The third-order valence-corrected chi connectivity index (χ3v) is 5.48. The number of rotatable bonds is 3. The van der Waals surface area contributed by atoms with Crippen molar-refractivity contribution in [2.75, 3.05) is 0 Å². The minimum absolute atomic E-state index is 0.136. The summed E-state index contributed by atoms with van der Waals surface area (Å²) in [5.41, 5.74) is -0.0906. The van der Waals surface area contributed by atoms with Crippen LogP contribution >= 0.6 is 0 Å². The number of aliphatic hydroxyl groups excluding tert-OH is 4. The van der Waals surface area contributed by atoms with Crippen LogP contribution in [0.3, 0.4) is 0 Å². The van der Waals surface area contributed by atoms with E-state index < -0.39 is 60.2 Å². The van der Waals surface area contributed by atoms with E-state index >= 15 is 0 Å². The predicted octanol–water partition coefficient (Wildman–Crippen LogP) is -0.313. The van der Waals surface area contributed by atoms with Crippen LogP contribution in [0.1, 0.15) is 28.9 Å². The normalized spacial score (nSPS) is 32.2. The van der Waals surface area contributed by atoms with Gasteiger partial charge in [-0.1, -0.05) is 6.07 Å². The quantitative estimate of drug-likeness (QED) is 0.325. The summed E-state index contributed by atoms with van der Waals surface area (Å²) in [6.45, 7) is 1.48. The minimum Gasteiger partial charge on any atom is -0.508 e. The smallest absolute Gasteiger partial charge is 0.229 e. The second kappa shape index (κ2) is 8.11. The fraction of sp³-hybridized carbons (Fsp3) is 0.381. The summed E-state index contributed by atoms with van der Waals surface area (Å²) >= 11 is 0. The van der Waals surface area contributed by atoms with Gasteiger partial charge in [0.25, 0.3) is 0 Å². The van der Waals surface area contributed by atoms with Gasteiger partial charge in [-0.2, -0.15) is 0 Å². The number of hydrogen-bond acceptors (Lipinski definition) is 11. The molecule has 172 valence electrons. The zero-order valence-corrected chi connectivity index (χ0v) is 16.7. The molecule has 2 aromatic rings. The molecule has 0 amide bonds.